The molecule has 104 valence electrons. The number of nitrogen functional groups attached to an aromatic ring is 1. The number of hydrogen-bond donors (Lipinski definition) is 1. The lowest BCUT2D eigenvalue weighted by molar-refractivity contribution is 0.171. The Hall–Kier alpha value is -2.30. The van der Waals surface area contributed by atoms with Gasteiger partial charge in [0.1, 0.15) is 24.9 Å². The Morgan fingerprint density at radius 2 is 1.90 bits per heavy atom. The lowest BCUT2D eigenvalue weighted by Gasteiger charge is -2.19. The van der Waals surface area contributed by atoms with Gasteiger partial charge in [0, 0.05) is 17.5 Å². The molecule has 2 heterocycles. The Morgan fingerprint density at radius 1 is 1.15 bits per heavy atom. The SMILES string of the molecule is CCc1nc(N)c(C)c(-c2ccc3c(c2)OCCO3)n1. The van der Waals surface area contributed by atoms with Crippen molar-refractivity contribution in [3.8, 4) is 22.8 Å². The molecule has 5 heteroatoms. The maximum Gasteiger partial charge on any atom is 0.162 e. The van der Waals surface area contributed by atoms with Crippen molar-refractivity contribution in [2.45, 2.75) is 20.3 Å². The fourth-order valence-corrected chi connectivity index (χ4v) is 2.21. The first-order chi connectivity index (χ1) is 9.69. The molecule has 1 aliphatic heterocycles. The van der Waals surface area contributed by atoms with Gasteiger partial charge in [0.15, 0.2) is 11.5 Å². The number of nitrogens with two attached hydrogens (primary N) is 1. The van der Waals surface area contributed by atoms with Gasteiger partial charge in [-0.3, -0.25) is 0 Å². The highest BCUT2D eigenvalue weighted by Crippen LogP contribution is 2.35. The van der Waals surface area contributed by atoms with Crippen LogP contribution in [0, 0.1) is 6.92 Å². The summed E-state index contributed by atoms with van der Waals surface area (Å²) >= 11 is 0. The first kappa shape index (κ1) is 12.7. The van der Waals surface area contributed by atoms with Crippen LogP contribution in [-0.4, -0.2) is 23.2 Å². The van der Waals surface area contributed by atoms with E-state index in [4.69, 9.17) is 15.2 Å². The van der Waals surface area contributed by atoms with E-state index >= 15 is 0 Å². The van der Waals surface area contributed by atoms with E-state index < -0.39 is 0 Å². The van der Waals surface area contributed by atoms with Gasteiger partial charge in [0.2, 0.25) is 0 Å². The molecule has 20 heavy (non-hydrogen) atoms. The summed E-state index contributed by atoms with van der Waals surface area (Å²) in [6.07, 6.45) is 0.752. The highest BCUT2D eigenvalue weighted by molar-refractivity contribution is 5.70. The van der Waals surface area contributed by atoms with Crippen LogP contribution in [-0.2, 0) is 6.42 Å². The zero-order valence-electron chi connectivity index (χ0n) is 11.6. The van der Waals surface area contributed by atoms with E-state index in [-0.39, 0.29) is 0 Å². The van der Waals surface area contributed by atoms with Gasteiger partial charge in [0.05, 0.1) is 5.69 Å². The molecule has 3 rings (SSSR count). The third kappa shape index (κ3) is 2.15. The molecule has 1 aromatic carbocycles. The number of nitrogens with zero attached hydrogens (tertiary/aromatic N) is 2. The number of aromatic nitrogens is 2. The second-order valence-electron chi connectivity index (χ2n) is 4.71. The maximum atomic E-state index is 5.97. The van der Waals surface area contributed by atoms with E-state index in [1.54, 1.807) is 0 Å². The molecule has 0 amide bonds. The zero-order valence-corrected chi connectivity index (χ0v) is 11.6. The van der Waals surface area contributed by atoms with Gasteiger partial charge in [-0.1, -0.05) is 6.92 Å². The largest absolute Gasteiger partial charge is 0.486 e. The summed E-state index contributed by atoms with van der Waals surface area (Å²) in [7, 11) is 0. The summed E-state index contributed by atoms with van der Waals surface area (Å²) in [5.41, 5.74) is 8.67. The highest BCUT2D eigenvalue weighted by atomic mass is 16.6. The quantitative estimate of drug-likeness (QED) is 0.908. The van der Waals surface area contributed by atoms with Crippen molar-refractivity contribution < 1.29 is 9.47 Å². The number of anilines is 1. The molecule has 0 saturated carbocycles. The number of ether oxygens (including phenoxy) is 2. The molecule has 1 aliphatic rings. The van der Waals surface area contributed by atoms with Crippen LogP contribution in [0.15, 0.2) is 18.2 Å². The van der Waals surface area contributed by atoms with E-state index in [0.717, 1.165) is 40.6 Å². The molecule has 0 bridgehead atoms. The van der Waals surface area contributed by atoms with Crippen LogP contribution in [0.25, 0.3) is 11.3 Å². The Kier molecular flexibility index (Phi) is 3.18. The number of hydrogen-bond acceptors (Lipinski definition) is 5. The standard InChI is InChI=1S/C15H17N3O2/c1-3-13-17-14(9(2)15(16)18-13)10-4-5-11-12(8-10)20-7-6-19-11/h4-5,8H,3,6-7H2,1-2H3,(H2,16,17,18). The molecule has 0 fully saturated rings. The molecule has 0 unspecified atom stereocenters. The molecule has 0 aliphatic carbocycles. The Bertz CT molecular complexity index is 656. The van der Waals surface area contributed by atoms with Gasteiger partial charge in [-0.15, -0.1) is 0 Å². The number of fused-ring (bicyclic) bond motifs is 1. The number of benzene rings is 1. The highest BCUT2D eigenvalue weighted by Gasteiger charge is 2.15. The molecule has 0 radical (unpaired) electrons. The molecule has 0 atom stereocenters. The van der Waals surface area contributed by atoms with Crippen LogP contribution in [0.4, 0.5) is 5.82 Å². The van der Waals surface area contributed by atoms with Crippen LogP contribution in [0.1, 0.15) is 18.3 Å². The van der Waals surface area contributed by atoms with Crippen molar-refractivity contribution in [2.75, 3.05) is 18.9 Å². The zero-order chi connectivity index (χ0) is 14.1. The van der Waals surface area contributed by atoms with Crippen molar-refractivity contribution in [3.63, 3.8) is 0 Å². The number of rotatable bonds is 2. The molecular formula is C15H17N3O2. The summed E-state index contributed by atoms with van der Waals surface area (Å²) in [6, 6.07) is 5.83. The fraction of sp³-hybridized carbons (Fsp3) is 0.333. The van der Waals surface area contributed by atoms with Crippen molar-refractivity contribution >= 4 is 5.82 Å². The van der Waals surface area contributed by atoms with Gasteiger partial charge < -0.3 is 15.2 Å². The molecule has 0 saturated heterocycles. The van der Waals surface area contributed by atoms with Gasteiger partial charge in [-0.05, 0) is 25.1 Å². The van der Waals surface area contributed by atoms with E-state index in [2.05, 4.69) is 9.97 Å². The average molecular weight is 271 g/mol. The van der Waals surface area contributed by atoms with Crippen molar-refractivity contribution in [1.29, 1.82) is 0 Å². The monoisotopic (exact) mass is 271 g/mol. The third-order valence-corrected chi connectivity index (χ3v) is 3.36. The van der Waals surface area contributed by atoms with Crippen LogP contribution in [0.3, 0.4) is 0 Å². The predicted molar refractivity (Wildman–Crippen MR) is 77.0 cm³/mol. The second kappa shape index (κ2) is 5.00. The smallest absolute Gasteiger partial charge is 0.162 e. The molecule has 0 spiro atoms. The van der Waals surface area contributed by atoms with E-state index in [1.807, 2.05) is 32.0 Å². The van der Waals surface area contributed by atoms with Crippen LogP contribution >= 0.6 is 0 Å². The second-order valence-corrected chi connectivity index (χ2v) is 4.71. The summed E-state index contributed by atoms with van der Waals surface area (Å²) < 4.78 is 11.1. The summed E-state index contributed by atoms with van der Waals surface area (Å²) in [6.45, 7) is 5.10. The van der Waals surface area contributed by atoms with Gasteiger partial charge in [-0.2, -0.15) is 0 Å². The fourth-order valence-electron chi connectivity index (χ4n) is 2.21. The minimum absolute atomic E-state index is 0.529. The molecule has 1 aromatic heterocycles. The molecule has 5 nitrogen and oxygen atoms in total. The number of aryl methyl sites for hydroxylation is 1. The predicted octanol–water partition coefficient (Wildman–Crippen LogP) is 2.37. The maximum absolute atomic E-state index is 5.97. The molecule has 2 N–H and O–H groups in total. The first-order valence-corrected chi connectivity index (χ1v) is 6.72. The van der Waals surface area contributed by atoms with Crippen LogP contribution < -0.4 is 15.2 Å². The Labute approximate surface area is 117 Å². The minimum atomic E-state index is 0.529. The normalized spacial score (nSPS) is 13.3. The summed E-state index contributed by atoms with van der Waals surface area (Å²) in [5.74, 6) is 2.80. The lowest BCUT2D eigenvalue weighted by Crippen LogP contribution is -2.15. The molecule has 2 aromatic rings. The van der Waals surface area contributed by atoms with Gasteiger partial charge in [0.25, 0.3) is 0 Å². The van der Waals surface area contributed by atoms with Gasteiger partial charge in [-0.25, -0.2) is 9.97 Å². The average Bonchev–Trinajstić information content (AvgIpc) is 2.49. The van der Waals surface area contributed by atoms with Crippen molar-refractivity contribution in [1.82, 2.24) is 9.97 Å². The van der Waals surface area contributed by atoms with Crippen molar-refractivity contribution in [3.05, 3.63) is 29.6 Å². The van der Waals surface area contributed by atoms with E-state index in [0.29, 0.717) is 19.0 Å². The van der Waals surface area contributed by atoms with Gasteiger partial charge >= 0.3 is 0 Å². The summed E-state index contributed by atoms with van der Waals surface area (Å²) in [5, 5.41) is 0. The summed E-state index contributed by atoms with van der Waals surface area (Å²) in [4.78, 5) is 8.86. The third-order valence-electron chi connectivity index (χ3n) is 3.36. The topological polar surface area (TPSA) is 70.3 Å². The Balaban J connectivity index is 2.11. The lowest BCUT2D eigenvalue weighted by atomic mass is 10.1. The van der Waals surface area contributed by atoms with Crippen LogP contribution in [0.2, 0.25) is 0 Å². The molecular weight excluding hydrogens is 254 g/mol. The Morgan fingerprint density at radius 3 is 2.65 bits per heavy atom. The van der Waals surface area contributed by atoms with E-state index in [9.17, 15) is 0 Å². The van der Waals surface area contributed by atoms with Crippen LogP contribution in [0.5, 0.6) is 11.5 Å². The van der Waals surface area contributed by atoms with Crippen molar-refractivity contribution in [2.24, 2.45) is 0 Å². The first-order valence-electron chi connectivity index (χ1n) is 6.72. The minimum Gasteiger partial charge on any atom is -0.486 e. The van der Waals surface area contributed by atoms with E-state index in [1.165, 1.54) is 0 Å².